The minimum absolute atomic E-state index is 0.210. The minimum atomic E-state index is -0.764. The second kappa shape index (κ2) is 9.11. The van der Waals surface area contributed by atoms with Gasteiger partial charge in [0, 0.05) is 11.0 Å². The van der Waals surface area contributed by atoms with Crippen molar-refractivity contribution >= 4 is 17.7 Å². The van der Waals surface area contributed by atoms with Crippen LogP contribution in [0, 0.1) is 0 Å². The molecule has 0 aromatic heterocycles. The number of hydrogen-bond donors (Lipinski definition) is 1. The fraction of sp³-hybridized carbons (Fsp3) is 0.588. The first-order chi connectivity index (χ1) is 10.1. The molecule has 0 aliphatic rings. The summed E-state index contributed by atoms with van der Waals surface area (Å²) in [5.74, 6) is 0.469. The maximum Gasteiger partial charge on any atom is 0.331 e. The molecule has 0 radical (unpaired) electrons. The normalized spacial score (nSPS) is 15.2. The number of nitrogens with one attached hydrogen (secondary N) is 1. The quantitative estimate of drug-likeness (QED) is 0.708. The molecular weight excluding hydrogens is 282 g/mol. The van der Waals surface area contributed by atoms with Gasteiger partial charge >= 0.3 is 5.97 Å². The summed E-state index contributed by atoms with van der Waals surface area (Å²) in [7, 11) is 1.46. The Bertz CT molecular complexity index is 424. The van der Waals surface area contributed by atoms with Crippen LogP contribution >= 0.6 is 11.8 Å². The fourth-order valence-corrected chi connectivity index (χ4v) is 3.26. The van der Waals surface area contributed by atoms with Crippen molar-refractivity contribution in [2.24, 2.45) is 0 Å². The number of thioether (sulfide) groups is 1. The first-order valence-electron chi connectivity index (χ1n) is 7.61. The van der Waals surface area contributed by atoms with Crippen molar-refractivity contribution < 1.29 is 9.53 Å². The van der Waals surface area contributed by atoms with Crippen LogP contribution in [0.4, 0.5) is 0 Å². The molecule has 0 saturated carbocycles. The summed E-state index contributed by atoms with van der Waals surface area (Å²) in [5, 5.41) is 3.95. The van der Waals surface area contributed by atoms with E-state index in [1.165, 1.54) is 7.11 Å². The van der Waals surface area contributed by atoms with Crippen LogP contribution in [0.25, 0.3) is 0 Å². The zero-order valence-electron chi connectivity index (χ0n) is 13.5. The summed E-state index contributed by atoms with van der Waals surface area (Å²) >= 11 is 1.81. The lowest BCUT2D eigenvalue weighted by Gasteiger charge is -2.33. The molecule has 4 heteroatoms. The van der Waals surface area contributed by atoms with Gasteiger partial charge in [-0.15, -0.1) is 0 Å². The Morgan fingerprint density at radius 1 is 1.33 bits per heavy atom. The highest BCUT2D eigenvalue weighted by Gasteiger charge is 2.41. The molecule has 1 aromatic rings. The monoisotopic (exact) mass is 309 g/mol. The lowest BCUT2D eigenvalue weighted by Crippen LogP contribution is -2.52. The maximum absolute atomic E-state index is 12.5. The highest BCUT2D eigenvalue weighted by Crippen LogP contribution is 2.30. The Morgan fingerprint density at radius 3 is 2.52 bits per heavy atom. The van der Waals surface area contributed by atoms with Gasteiger partial charge in [-0.05, 0) is 24.9 Å². The lowest BCUT2D eigenvalue weighted by molar-refractivity contribution is -0.148. The van der Waals surface area contributed by atoms with Crippen molar-refractivity contribution in [2.75, 3.05) is 19.4 Å². The van der Waals surface area contributed by atoms with Crippen LogP contribution in [-0.4, -0.2) is 30.6 Å². The van der Waals surface area contributed by atoms with Gasteiger partial charge in [-0.1, -0.05) is 51.1 Å². The molecule has 2 unspecified atom stereocenters. The number of esters is 1. The first-order valence-corrected chi connectivity index (χ1v) is 8.66. The molecule has 0 aliphatic heterocycles. The van der Waals surface area contributed by atoms with Gasteiger partial charge in [0.15, 0.2) is 5.54 Å². The number of hydrogen-bond acceptors (Lipinski definition) is 4. The lowest BCUT2D eigenvalue weighted by atomic mass is 9.91. The van der Waals surface area contributed by atoms with Crippen LogP contribution in [0.5, 0.6) is 0 Å². The summed E-state index contributed by atoms with van der Waals surface area (Å²) in [5.41, 5.74) is 0.209. The molecule has 0 fully saturated rings. The van der Waals surface area contributed by atoms with E-state index in [1.807, 2.05) is 42.1 Å². The van der Waals surface area contributed by atoms with Crippen LogP contribution in [0.1, 0.15) is 39.2 Å². The molecule has 0 spiro atoms. The van der Waals surface area contributed by atoms with E-state index in [-0.39, 0.29) is 5.97 Å². The molecule has 0 bridgehead atoms. The molecule has 0 saturated heterocycles. The second-order valence-electron chi connectivity index (χ2n) is 5.22. The largest absolute Gasteiger partial charge is 0.467 e. The van der Waals surface area contributed by atoms with E-state index in [9.17, 15) is 4.79 Å². The van der Waals surface area contributed by atoms with E-state index in [0.717, 1.165) is 24.9 Å². The van der Waals surface area contributed by atoms with Crippen molar-refractivity contribution in [3.63, 3.8) is 0 Å². The van der Waals surface area contributed by atoms with Gasteiger partial charge in [0.1, 0.15) is 0 Å². The molecule has 3 nitrogen and oxygen atoms in total. The minimum Gasteiger partial charge on any atom is -0.467 e. The Labute approximate surface area is 132 Å². The average Bonchev–Trinajstić information content (AvgIpc) is 2.55. The van der Waals surface area contributed by atoms with Crippen molar-refractivity contribution in [1.82, 2.24) is 5.32 Å². The Morgan fingerprint density at radius 2 is 2.00 bits per heavy atom. The molecular formula is C17H27NO2S. The van der Waals surface area contributed by atoms with E-state index in [0.29, 0.717) is 11.0 Å². The highest BCUT2D eigenvalue weighted by molar-refractivity contribution is 7.99. The Kier molecular flexibility index (Phi) is 7.83. The Hall–Kier alpha value is -1.00. The van der Waals surface area contributed by atoms with Crippen molar-refractivity contribution in [1.29, 1.82) is 0 Å². The molecule has 1 rings (SSSR count). The SMILES string of the molecule is CCCNC(CSC(C)CC)(C(=O)OC)c1ccccc1. The van der Waals surface area contributed by atoms with E-state index in [2.05, 4.69) is 26.1 Å². The van der Waals surface area contributed by atoms with E-state index < -0.39 is 5.54 Å². The van der Waals surface area contributed by atoms with Crippen molar-refractivity contribution in [3.05, 3.63) is 35.9 Å². The van der Waals surface area contributed by atoms with Crippen LogP contribution in [0.3, 0.4) is 0 Å². The predicted octanol–water partition coefficient (Wildman–Crippen LogP) is 3.59. The topological polar surface area (TPSA) is 38.3 Å². The third-order valence-electron chi connectivity index (χ3n) is 3.64. The molecule has 2 atom stereocenters. The second-order valence-corrected chi connectivity index (χ2v) is 6.65. The van der Waals surface area contributed by atoms with Gasteiger partial charge in [-0.25, -0.2) is 4.79 Å². The van der Waals surface area contributed by atoms with Gasteiger partial charge in [0.2, 0.25) is 0 Å². The van der Waals surface area contributed by atoms with Gasteiger partial charge < -0.3 is 4.74 Å². The third-order valence-corrected chi connectivity index (χ3v) is 5.14. The molecule has 0 heterocycles. The molecule has 1 N–H and O–H groups in total. The summed E-state index contributed by atoms with van der Waals surface area (Å²) in [6.45, 7) is 7.24. The van der Waals surface area contributed by atoms with Gasteiger partial charge in [-0.3, -0.25) is 5.32 Å². The van der Waals surface area contributed by atoms with E-state index in [4.69, 9.17) is 4.74 Å². The summed E-state index contributed by atoms with van der Waals surface area (Å²) < 4.78 is 5.12. The summed E-state index contributed by atoms with van der Waals surface area (Å²) in [4.78, 5) is 12.5. The van der Waals surface area contributed by atoms with Gasteiger partial charge in [0.25, 0.3) is 0 Å². The van der Waals surface area contributed by atoms with E-state index in [1.54, 1.807) is 0 Å². The number of ether oxygens (including phenoxy) is 1. The van der Waals surface area contributed by atoms with Crippen LogP contribution in [-0.2, 0) is 15.1 Å². The number of benzene rings is 1. The molecule has 0 amide bonds. The summed E-state index contributed by atoms with van der Waals surface area (Å²) in [6.07, 6.45) is 2.06. The highest BCUT2D eigenvalue weighted by atomic mass is 32.2. The molecule has 118 valence electrons. The number of methoxy groups -OCH3 is 1. The maximum atomic E-state index is 12.5. The van der Waals surface area contributed by atoms with Crippen LogP contribution < -0.4 is 5.32 Å². The first kappa shape index (κ1) is 18.1. The summed E-state index contributed by atoms with van der Waals surface area (Å²) in [6, 6.07) is 9.89. The smallest absolute Gasteiger partial charge is 0.331 e. The zero-order valence-corrected chi connectivity index (χ0v) is 14.3. The zero-order chi connectivity index (χ0) is 15.7. The Balaban J connectivity index is 3.11. The average molecular weight is 309 g/mol. The number of rotatable bonds is 9. The molecule has 0 aliphatic carbocycles. The molecule has 1 aromatic carbocycles. The molecule has 21 heavy (non-hydrogen) atoms. The third kappa shape index (κ3) is 4.75. The standard InChI is InChI=1S/C17H27NO2S/c1-5-12-18-17(16(19)20-4,13-21-14(3)6-2)15-10-8-7-9-11-15/h7-11,14,18H,5-6,12-13H2,1-4H3. The fourth-order valence-electron chi connectivity index (χ4n) is 2.11. The van der Waals surface area contributed by atoms with Gasteiger partial charge in [0.05, 0.1) is 7.11 Å². The predicted molar refractivity (Wildman–Crippen MR) is 90.6 cm³/mol. The van der Waals surface area contributed by atoms with E-state index >= 15 is 0 Å². The van der Waals surface area contributed by atoms with Crippen LogP contribution in [0.15, 0.2) is 30.3 Å². The van der Waals surface area contributed by atoms with Crippen molar-refractivity contribution in [3.8, 4) is 0 Å². The van der Waals surface area contributed by atoms with Gasteiger partial charge in [-0.2, -0.15) is 11.8 Å². The number of carbonyl (C=O) groups excluding carboxylic acids is 1. The van der Waals surface area contributed by atoms with Crippen molar-refractivity contribution in [2.45, 2.75) is 44.4 Å². The van der Waals surface area contributed by atoms with Crippen LogP contribution in [0.2, 0.25) is 0 Å². The number of carbonyl (C=O) groups is 1.